The third-order valence-corrected chi connectivity index (χ3v) is 2.17. The van der Waals surface area contributed by atoms with Crippen LogP contribution in [0.4, 0.5) is 0 Å². The number of azo groups is 1. The Kier molecular flexibility index (Phi) is 3.25. The zero-order valence-electron chi connectivity index (χ0n) is 8.95. The van der Waals surface area contributed by atoms with Crippen LogP contribution in [0.3, 0.4) is 0 Å². The average Bonchev–Trinajstić information content (AvgIpc) is 2.81. The number of carbonyl (C=O) groups excluding carboxylic acids is 1. The van der Waals surface area contributed by atoms with E-state index in [1.807, 2.05) is 30.3 Å². The van der Waals surface area contributed by atoms with E-state index in [2.05, 4.69) is 10.2 Å². The number of hydrogen-bond donors (Lipinski definition) is 1. The van der Waals surface area contributed by atoms with Crippen LogP contribution in [-0.2, 0) is 4.79 Å². The number of phenols is 1. The summed E-state index contributed by atoms with van der Waals surface area (Å²) in [6.45, 7) is 0. The Labute approximate surface area is 97.9 Å². The molecule has 0 unspecified atom stereocenters. The lowest BCUT2D eigenvalue weighted by Gasteiger charge is -1.96. The molecular formula is C13H10N2O2. The SMILES string of the molecule is O=C1C=CN=N1.Oc1ccc2ccccc2c1. The van der Waals surface area contributed by atoms with E-state index in [-0.39, 0.29) is 5.91 Å². The number of phenolic OH excluding ortho intramolecular Hbond substituents is 1. The van der Waals surface area contributed by atoms with E-state index in [0.29, 0.717) is 5.75 Å². The van der Waals surface area contributed by atoms with Crippen molar-refractivity contribution >= 4 is 16.7 Å². The van der Waals surface area contributed by atoms with Crippen molar-refractivity contribution in [2.24, 2.45) is 10.2 Å². The lowest BCUT2D eigenvalue weighted by atomic mass is 10.1. The van der Waals surface area contributed by atoms with Gasteiger partial charge in [0.05, 0.1) is 6.20 Å². The monoisotopic (exact) mass is 226 g/mol. The fourth-order valence-corrected chi connectivity index (χ4v) is 1.40. The number of nitrogens with zero attached hydrogens (tertiary/aromatic N) is 2. The van der Waals surface area contributed by atoms with Crippen LogP contribution in [0.1, 0.15) is 0 Å². The van der Waals surface area contributed by atoms with E-state index >= 15 is 0 Å². The Morgan fingerprint density at radius 3 is 2.35 bits per heavy atom. The second-order valence-electron chi connectivity index (χ2n) is 3.40. The summed E-state index contributed by atoms with van der Waals surface area (Å²) < 4.78 is 0. The van der Waals surface area contributed by atoms with Crippen molar-refractivity contribution in [2.45, 2.75) is 0 Å². The molecule has 1 aliphatic rings. The van der Waals surface area contributed by atoms with Crippen LogP contribution in [0.25, 0.3) is 10.8 Å². The zero-order valence-corrected chi connectivity index (χ0v) is 8.95. The maximum atomic E-state index is 9.90. The van der Waals surface area contributed by atoms with Gasteiger partial charge in [0.1, 0.15) is 5.75 Å². The van der Waals surface area contributed by atoms with Crippen LogP contribution >= 0.6 is 0 Å². The first kappa shape index (κ1) is 11.0. The molecule has 2 aromatic rings. The lowest BCUT2D eigenvalue weighted by Crippen LogP contribution is -1.74. The van der Waals surface area contributed by atoms with Gasteiger partial charge in [0.15, 0.2) is 0 Å². The van der Waals surface area contributed by atoms with Crippen molar-refractivity contribution in [2.75, 3.05) is 0 Å². The minimum absolute atomic E-state index is 0.269. The quantitative estimate of drug-likeness (QED) is 0.750. The van der Waals surface area contributed by atoms with E-state index in [4.69, 9.17) is 5.11 Å². The Morgan fingerprint density at radius 1 is 1.00 bits per heavy atom. The predicted molar refractivity (Wildman–Crippen MR) is 64.6 cm³/mol. The summed E-state index contributed by atoms with van der Waals surface area (Å²) in [5.74, 6) is 0.0544. The summed E-state index contributed by atoms with van der Waals surface area (Å²) >= 11 is 0. The Hall–Kier alpha value is -2.49. The Morgan fingerprint density at radius 2 is 1.76 bits per heavy atom. The highest BCUT2D eigenvalue weighted by molar-refractivity contribution is 5.89. The van der Waals surface area contributed by atoms with Crippen LogP contribution in [0.5, 0.6) is 5.75 Å². The molecular weight excluding hydrogens is 216 g/mol. The number of aromatic hydroxyl groups is 1. The van der Waals surface area contributed by atoms with Gasteiger partial charge in [-0.3, -0.25) is 4.79 Å². The third-order valence-electron chi connectivity index (χ3n) is 2.17. The average molecular weight is 226 g/mol. The van der Waals surface area contributed by atoms with Gasteiger partial charge in [-0.25, -0.2) is 0 Å². The van der Waals surface area contributed by atoms with Crippen molar-refractivity contribution in [3.63, 3.8) is 0 Å². The molecule has 3 rings (SSSR count). The first-order chi connectivity index (χ1) is 8.25. The van der Waals surface area contributed by atoms with Gasteiger partial charge in [-0.1, -0.05) is 30.3 Å². The molecule has 1 amide bonds. The summed E-state index contributed by atoms with van der Waals surface area (Å²) in [5.41, 5.74) is 0. The van der Waals surface area contributed by atoms with Gasteiger partial charge in [-0.15, -0.1) is 5.11 Å². The van der Waals surface area contributed by atoms with Crippen molar-refractivity contribution in [1.29, 1.82) is 0 Å². The topological polar surface area (TPSA) is 62.0 Å². The molecule has 0 fully saturated rings. The van der Waals surface area contributed by atoms with Crippen LogP contribution in [0.2, 0.25) is 0 Å². The van der Waals surface area contributed by atoms with Gasteiger partial charge in [0.25, 0.3) is 5.91 Å². The number of rotatable bonds is 0. The standard InChI is InChI=1S/C10H8O.C3H2N2O/c11-10-6-5-8-3-1-2-4-9(8)7-10;6-3-1-2-4-5-3/h1-7,11H;1-2H. The predicted octanol–water partition coefficient (Wildman–Crippen LogP) is 3.04. The van der Waals surface area contributed by atoms with E-state index in [9.17, 15) is 4.79 Å². The fourth-order valence-electron chi connectivity index (χ4n) is 1.40. The number of hydrogen-bond acceptors (Lipinski definition) is 3. The van der Waals surface area contributed by atoms with Gasteiger partial charge in [0.2, 0.25) is 0 Å². The molecule has 2 aromatic carbocycles. The third kappa shape index (κ3) is 2.98. The minimum atomic E-state index is -0.269. The molecule has 1 aliphatic heterocycles. The van der Waals surface area contributed by atoms with Crippen LogP contribution in [0, 0.1) is 0 Å². The van der Waals surface area contributed by atoms with E-state index < -0.39 is 0 Å². The molecule has 4 heteroatoms. The number of amides is 1. The van der Waals surface area contributed by atoms with Gasteiger partial charge in [0, 0.05) is 6.08 Å². The molecule has 0 aliphatic carbocycles. The number of fused-ring (bicyclic) bond motifs is 1. The fraction of sp³-hybridized carbons (Fsp3) is 0. The highest BCUT2D eigenvalue weighted by atomic mass is 16.3. The van der Waals surface area contributed by atoms with Gasteiger partial charge >= 0.3 is 0 Å². The molecule has 0 bridgehead atoms. The molecule has 1 heterocycles. The summed E-state index contributed by atoms with van der Waals surface area (Å²) in [4.78, 5) is 9.90. The summed E-state index contributed by atoms with van der Waals surface area (Å²) in [7, 11) is 0. The second-order valence-corrected chi connectivity index (χ2v) is 3.40. The molecule has 0 saturated carbocycles. The Balaban J connectivity index is 0.000000153. The molecule has 1 N–H and O–H groups in total. The minimum Gasteiger partial charge on any atom is -0.508 e. The molecule has 0 spiro atoms. The molecule has 0 aromatic heterocycles. The normalized spacial score (nSPS) is 12.6. The van der Waals surface area contributed by atoms with Crippen molar-refractivity contribution in [3.8, 4) is 5.75 Å². The first-order valence-electron chi connectivity index (χ1n) is 5.05. The van der Waals surface area contributed by atoms with Gasteiger partial charge in [-0.2, -0.15) is 5.11 Å². The smallest absolute Gasteiger partial charge is 0.289 e. The van der Waals surface area contributed by atoms with Crippen molar-refractivity contribution in [1.82, 2.24) is 0 Å². The molecule has 0 saturated heterocycles. The number of benzene rings is 2. The molecule has 84 valence electrons. The molecule has 0 radical (unpaired) electrons. The molecule has 17 heavy (non-hydrogen) atoms. The second kappa shape index (κ2) is 5.03. The summed E-state index contributed by atoms with van der Waals surface area (Å²) in [6.07, 6.45) is 2.67. The van der Waals surface area contributed by atoms with Crippen LogP contribution in [-0.4, -0.2) is 11.0 Å². The van der Waals surface area contributed by atoms with E-state index in [1.54, 1.807) is 12.1 Å². The highest BCUT2D eigenvalue weighted by Gasteiger charge is 1.92. The van der Waals surface area contributed by atoms with E-state index in [0.717, 1.165) is 10.8 Å². The van der Waals surface area contributed by atoms with Crippen LogP contribution in [0.15, 0.2) is 65.0 Å². The Bertz CT molecular complexity index is 589. The maximum absolute atomic E-state index is 9.90. The molecule has 4 nitrogen and oxygen atoms in total. The summed E-state index contributed by atoms with van der Waals surface area (Å²) in [6, 6.07) is 13.3. The van der Waals surface area contributed by atoms with Crippen molar-refractivity contribution in [3.05, 3.63) is 54.7 Å². The maximum Gasteiger partial charge on any atom is 0.289 e. The van der Waals surface area contributed by atoms with Crippen LogP contribution < -0.4 is 0 Å². The largest absolute Gasteiger partial charge is 0.508 e. The van der Waals surface area contributed by atoms with Crippen molar-refractivity contribution < 1.29 is 9.90 Å². The first-order valence-corrected chi connectivity index (χ1v) is 5.05. The lowest BCUT2D eigenvalue weighted by molar-refractivity contribution is -0.113. The van der Waals surface area contributed by atoms with Gasteiger partial charge in [-0.05, 0) is 22.9 Å². The highest BCUT2D eigenvalue weighted by Crippen LogP contribution is 2.18. The number of carbonyl (C=O) groups is 1. The molecule has 0 atom stereocenters. The summed E-state index contributed by atoms with van der Waals surface area (Å²) in [5, 5.41) is 17.7. The zero-order chi connectivity index (χ0) is 12.1. The van der Waals surface area contributed by atoms with Gasteiger partial charge < -0.3 is 5.11 Å². The van der Waals surface area contributed by atoms with E-state index in [1.165, 1.54) is 12.3 Å².